The largest absolute Gasteiger partial charge is 0.299 e. The van der Waals surface area contributed by atoms with Gasteiger partial charge in [-0.15, -0.1) is 0 Å². The molecular formula is C11H14N2O2. The van der Waals surface area contributed by atoms with Crippen molar-refractivity contribution in [1.29, 1.82) is 0 Å². The maximum atomic E-state index is 11.3. The molecule has 0 radical (unpaired) electrons. The van der Waals surface area contributed by atoms with E-state index < -0.39 is 0 Å². The molecule has 1 fully saturated rings. The van der Waals surface area contributed by atoms with Crippen molar-refractivity contribution in [2.45, 2.75) is 38.6 Å². The number of hydrogen-bond acceptors (Lipinski definition) is 3. The summed E-state index contributed by atoms with van der Waals surface area (Å²) in [6.07, 6.45) is 4.79. The molecule has 4 heteroatoms. The summed E-state index contributed by atoms with van der Waals surface area (Å²) in [4.78, 5) is 22.6. The average Bonchev–Trinajstić information content (AvgIpc) is 2.64. The Hall–Kier alpha value is -1.45. The van der Waals surface area contributed by atoms with Crippen molar-refractivity contribution in [3.63, 3.8) is 0 Å². The molecule has 2 rings (SSSR count). The Labute approximate surface area is 88.3 Å². The predicted octanol–water partition coefficient (Wildman–Crippen LogP) is 1.31. The third-order valence-corrected chi connectivity index (χ3v) is 2.79. The minimum atomic E-state index is 0.0547. The lowest BCUT2D eigenvalue weighted by molar-refractivity contribution is -0.130. The first-order valence-corrected chi connectivity index (χ1v) is 5.24. The second-order valence-corrected chi connectivity index (χ2v) is 3.99. The number of carbonyl (C=O) groups is 2. The van der Waals surface area contributed by atoms with Crippen LogP contribution in [-0.2, 0) is 16.1 Å². The second-order valence-electron chi connectivity index (χ2n) is 3.99. The number of Topliss-reactive ketones (excluding diaryl/α,β-unsaturated/α-hetero) is 2. The first kappa shape index (κ1) is 10.1. The predicted molar refractivity (Wildman–Crippen MR) is 54.5 cm³/mol. The molecule has 0 amide bonds. The van der Waals surface area contributed by atoms with Crippen LogP contribution in [0.4, 0.5) is 0 Å². The van der Waals surface area contributed by atoms with Crippen LogP contribution in [0.3, 0.4) is 0 Å². The molecule has 0 saturated heterocycles. The zero-order valence-corrected chi connectivity index (χ0v) is 8.77. The van der Waals surface area contributed by atoms with E-state index >= 15 is 0 Å². The standard InChI is InChI=1S/C11H14N2O2/c1-2-13-7-9(6-12-13)8-3-10(14)5-11(15)4-8/h6-8H,2-5H2,1H3. The van der Waals surface area contributed by atoms with Crippen LogP contribution < -0.4 is 0 Å². The van der Waals surface area contributed by atoms with Gasteiger partial charge < -0.3 is 0 Å². The van der Waals surface area contributed by atoms with E-state index in [9.17, 15) is 9.59 Å². The molecule has 1 aromatic heterocycles. The summed E-state index contributed by atoms with van der Waals surface area (Å²) < 4.78 is 1.82. The highest BCUT2D eigenvalue weighted by atomic mass is 16.1. The minimum absolute atomic E-state index is 0.0547. The topological polar surface area (TPSA) is 52.0 Å². The van der Waals surface area contributed by atoms with Crippen molar-refractivity contribution < 1.29 is 9.59 Å². The Morgan fingerprint density at radius 1 is 1.40 bits per heavy atom. The molecule has 80 valence electrons. The van der Waals surface area contributed by atoms with Crippen LogP contribution in [0.15, 0.2) is 12.4 Å². The SMILES string of the molecule is CCn1cc(C2CC(=O)CC(=O)C2)cn1. The second kappa shape index (κ2) is 3.96. The maximum Gasteiger partial charge on any atom is 0.140 e. The molecule has 15 heavy (non-hydrogen) atoms. The highest BCUT2D eigenvalue weighted by molar-refractivity contribution is 6.02. The van der Waals surface area contributed by atoms with E-state index in [0.717, 1.165) is 12.1 Å². The van der Waals surface area contributed by atoms with E-state index in [1.807, 2.05) is 17.8 Å². The number of rotatable bonds is 2. The monoisotopic (exact) mass is 206 g/mol. The lowest BCUT2D eigenvalue weighted by Crippen LogP contribution is -2.21. The molecule has 0 aromatic carbocycles. The zero-order valence-electron chi connectivity index (χ0n) is 8.77. The summed E-state index contributed by atoms with van der Waals surface area (Å²) in [7, 11) is 0. The Kier molecular flexibility index (Phi) is 2.66. The van der Waals surface area contributed by atoms with E-state index in [1.165, 1.54) is 0 Å². The molecule has 1 aliphatic carbocycles. The van der Waals surface area contributed by atoms with Gasteiger partial charge in [0.25, 0.3) is 0 Å². The fraction of sp³-hybridized carbons (Fsp3) is 0.545. The van der Waals surface area contributed by atoms with Gasteiger partial charge in [-0.05, 0) is 12.5 Å². The summed E-state index contributed by atoms with van der Waals surface area (Å²) in [5.41, 5.74) is 1.01. The van der Waals surface area contributed by atoms with Crippen molar-refractivity contribution in [2.24, 2.45) is 0 Å². The van der Waals surface area contributed by atoms with Gasteiger partial charge in [-0.25, -0.2) is 0 Å². The van der Waals surface area contributed by atoms with E-state index in [1.54, 1.807) is 6.20 Å². The first-order valence-electron chi connectivity index (χ1n) is 5.24. The molecule has 1 aromatic rings. The highest BCUT2D eigenvalue weighted by Gasteiger charge is 2.27. The number of carbonyl (C=O) groups excluding carboxylic acids is 2. The summed E-state index contributed by atoms with van der Waals surface area (Å²) in [6, 6.07) is 0. The van der Waals surface area contributed by atoms with Crippen molar-refractivity contribution in [3.8, 4) is 0 Å². The fourth-order valence-electron chi connectivity index (χ4n) is 1.99. The summed E-state index contributed by atoms with van der Waals surface area (Å²) >= 11 is 0. The van der Waals surface area contributed by atoms with Gasteiger partial charge in [0.1, 0.15) is 11.6 Å². The normalized spacial score (nSPS) is 18.5. The summed E-state index contributed by atoms with van der Waals surface area (Å²) in [6.45, 7) is 2.82. The zero-order chi connectivity index (χ0) is 10.8. The fourth-order valence-corrected chi connectivity index (χ4v) is 1.99. The van der Waals surface area contributed by atoms with Crippen LogP contribution in [0.25, 0.3) is 0 Å². The third kappa shape index (κ3) is 2.14. The Bertz CT molecular complexity index is 379. The van der Waals surface area contributed by atoms with Gasteiger partial charge >= 0.3 is 0 Å². The molecule has 0 aliphatic heterocycles. The van der Waals surface area contributed by atoms with E-state index in [0.29, 0.717) is 12.8 Å². The van der Waals surface area contributed by atoms with Gasteiger partial charge in [0, 0.05) is 31.5 Å². The van der Waals surface area contributed by atoms with Crippen molar-refractivity contribution in [2.75, 3.05) is 0 Å². The number of ketones is 2. The molecule has 0 N–H and O–H groups in total. The molecule has 0 spiro atoms. The van der Waals surface area contributed by atoms with Gasteiger partial charge in [0.15, 0.2) is 0 Å². The van der Waals surface area contributed by atoms with Crippen LogP contribution >= 0.6 is 0 Å². The molecule has 0 bridgehead atoms. The third-order valence-electron chi connectivity index (χ3n) is 2.79. The minimum Gasteiger partial charge on any atom is -0.299 e. The summed E-state index contributed by atoms with van der Waals surface area (Å²) in [5, 5.41) is 4.15. The smallest absolute Gasteiger partial charge is 0.140 e. The number of nitrogens with zero attached hydrogens (tertiary/aromatic N) is 2. The number of aryl methyl sites for hydroxylation is 1. The van der Waals surface area contributed by atoms with E-state index in [-0.39, 0.29) is 23.9 Å². The van der Waals surface area contributed by atoms with Crippen molar-refractivity contribution in [1.82, 2.24) is 9.78 Å². The van der Waals surface area contributed by atoms with Crippen LogP contribution in [0.5, 0.6) is 0 Å². The van der Waals surface area contributed by atoms with E-state index in [2.05, 4.69) is 5.10 Å². The highest BCUT2D eigenvalue weighted by Crippen LogP contribution is 2.28. The number of aromatic nitrogens is 2. The molecule has 0 unspecified atom stereocenters. The lowest BCUT2D eigenvalue weighted by Gasteiger charge is -2.18. The van der Waals surface area contributed by atoms with Gasteiger partial charge in [0.2, 0.25) is 0 Å². The Morgan fingerprint density at radius 2 is 2.07 bits per heavy atom. The molecule has 4 nitrogen and oxygen atoms in total. The molecule has 1 saturated carbocycles. The van der Waals surface area contributed by atoms with E-state index in [4.69, 9.17) is 0 Å². The molecule has 0 atom stereocenters. The summed E-state index contributed by atoms with van der Waals surface area (Å²) in [5.74, 6) is 0.167. The van der Waals surface area contributed by atoms with Crippen LogP contribution in [0.2, 0.25) is 0 Å². The Balaban J connectivity index is 2.15. The van der Waals surface area contributed by atoms with Gasteiger partial charge in [0.05, 0.1) is 12.6 Å². The van der Waals surface area contributed by atoms with Crippen LogP contribution in [0.1, 0.15) is 37.7 Å². The molecule has 1 aliphatic rings. The van der Waals surface area contributed by atoms with Crippen molar-refractivity contribution >= 4 is 11.6 Å². The maximum absolute atomic E-state index is 11.3. The average molecular weight is 206 g/mol. The van der Waals surface area contributed by atoms with Gasteiger partial charge in [-0.1, -0.05) is 0 Å². The van der Waals surface area contributed by atoms with Gasteiger partial charge in [-0.3, -0.25) is 14.3 Å². The van der Waals surface area contributed by atoms with Crippen molar-refractivity contribution in [3.05, 3.63) is 18.0 Å². The first-order chi connectivity index (χ1) is 7.19. The lowest BCUT2D eigenvalue weighted by atomic mass is 9.84. The molecular weight excluding hydrogens is 192 g/mol. The van der Waals surface area contributed by atoms with Crippen LogP contribution in [-0.4, -0.2) is 21.3 Å². The quantitative estimate of drug-likeness (QED) is 0.685. The Morgan fingerprint density at radius 3 is 2.60 bits per heavy atom. The molecule has 1 heterocycles. The van der Waals surface area contributed by atoms with Gasteiger partial charge in [-0.2, -0.15) is 5.10 Å². The number of hydrogen-bond donors (Lipinski definition) is 0. The van der Waals surface area contributed by atoms with Crippen LogP contribution in [0, 0.1) is 0 Å².